The number of furan rings is 1. The highest BCUT2D eigenvalue weighted by molar-refractivity contribution is 5.95. The van der Waals surface area contributed by atoms with E-state index in [0.29, 0.717) is 30.0 Å². The smallest absolute Gasteiger partial charge is 0.287 e. The molecule has 3 rings (SSSR count). The topological polar surface area (TPSA) is 110 Å². The molecule has 0 radical (unpaired) electrons. The number of ether oxygens (including phenoxy) is 2. The summed E-state index contributed by atoms with van der Waals surface area (Å²) in [5, 5.41) is 5.78. The zero-order chi connectivity index (χ0) is 25.9. The van der Waals surface area contributed by atoms with E-state index in [1.54, 1.807) is 36.3 Å². The van der Waals surface area contributed by atoms with Gasteiger partial charge in [-0.2, -0.15) is 0 Å². The molecule has 1 atom stereocenters. The van der Waals surface area contributed by atoms with E-state index in [0.717, 1.165) is 32.1 Å². The SMILES string of the molecule is CCCCN(C(=O)CNC(=O)c1ccco1)[C@H](C(=O)NC1CCCCC1)c1ccc(OC)c(OC)c1. The molecular formula is C27H37N3O6. The van der Waals surface area contributed by atoms with E-state index < -0.39 is 11.9 Å². The summed E-state index contributed by atoms with van der Waals surface area (Å²) in [4.78, 5) is 41.1. The third-order valence-electron chi connectivity index (χ3n) is 6.45. The summed E-state index contributed by atoms with van der Waals surface area (Å²) < 4.78 is 15.9. The molecule has 1 aromatic heterocycles. The van der Waals surface area contributed by atoms with Gasteiger partial charge in [0.2, 0.25) is 11.8 Å². The fourth-order valence-electron chi connectivity index (χ4n) is 4.50. The lowest BCUT2D eigenvalue weighted by atomic mass is 9.94. The molecule has 0 unspecified atom stereocenters. The Morgan fingerprint density at radius 3 is 2.47 bits per heavy atom. The number of amides is 3. The summed E-state index contributed by atoms with van der Waals surface area (Å²) in [7, 11) is 3.08. The van der Waals surface area contributed by atoms with E-state index in [4.69, 9.17) is 13.9 Å². The Balaban J connectivity index is 1.89. The van der Waals surface area contributed by atoms with Crippen LogP contribution in [0.2, 0.25) is 0 Å². The Hall–Kier alpha value is -3.49. The predicted molar refractivity (Wildman–Crippen MR) is 135 cm³/mol. The summed E-state index contributed by atoms with van der Waals surface area (Å²) in [6.45, 7) is 2.13. The number of hydrogen-bond donors (Lipinski definition) is 2. The Kier molecular flexibility index (Phi) is 10.2. The Morgan fingerprint density at radius 2 is 1.83 bits per heavy atom. The van der Waals surface area contributed by atoms with Crippen LogP contribution < -0.4 is 20.1 Å². The highest BCUT2D eigenvalue weighted by atomic mass is 16.5. The number of nitrogens with zero attached hydrogens (tertiary/aromatic N) is 1. The van der Waals surface area contributed by atoms with Crippen molar-refractivity contribution in [3.8, 4) is 11.5 Å². The average molecular weight is 500 g/mol. The van der Waals surface area contributed by atoms with Crippen LogP contribution >= 0.6 is 0 Å². The van der Waals surface area contributed by atoms with Crippen LogP contribution in [-0.2, 0) is 9.59 Å². The van der Waals surface area contributed by atoms with E-state index in [9.17, 15) is 14.4 Å². The van der Waals surface area contributed by atoms with Crippen LogP contribution in [0, 0.1) is 0 Å². The minimum Gasteiger partial charge on any atom is -0.493 e. The minimum absolute atomic E-state index is 0.0793. The molecule has 1 saturated carbocycles. The fourth-order valence-corrected chi connectivity index (χ4v) is 4.50. The van der Waals surface area contributed by atoms with E-state index in [2.05, 4.69) is 10.6 Å². The molecular weight excluding hydrogens is 462 g/mol. The first kappa shape index (κ1) is 27.1. The predicted octanol–water partition coefficient (Wildman–Crippen LogP) is 3.85. The van der Waals surface area contributed by atoms with Crippen molar-refractivity contribution in [3.05, 3.63) is 47.9 Å². The monoisotopic (exact) mass is 499 g/mol. The average Bonchev–Trinajstić information content (AvgIpc) is 3.45. The molecule has 0 saturated heterocycles. The number of hydrogen-bond acceptors (Lipinski definition) is 6. The van der Waals surface area contributed by atoms with Crippen molar-refractivity contribution in [2.45, 2.75) is 64.0 Å². The van der Waals surface area contributed by atoms with Crippen molar-refractivity contribution < 1.29 is 28.3 Å². The van der Waals surface area contributed by atoms with Gasteiger partial charge in [-0.05, 0) is 49.1 Å². The van der Waals surface area contributed by atoms with Crippen LogP contribution in [0.3, 0.4) is 0 Å². The van der Waals surface area contributed by atoms with Crippen molar-refractivity contribution in [3.63, 3.8) is 0 Å². The molecule has 1 aliphatic carbocycles. The number of benzene rings is 1. The van der Waals surface area contributed by atoms with Crippen LogP contribution in [0.15, 0.2) is 41.0 Å². The third kappa shape index (κ3) is 7.02. The first-order valence-corrected chi connectivity index (χ1v) is 12.6. The second-order valence-electron chi connectivity index (χ2n) is 8.96. The maximum absolute atomic E-state index is 13.7. The normalized spacial score (nSPS) is 14.5. The number of carbonyl (C=O) groups is 3. The molecule has 36 heavy (non-hydrogen) atoms. The zero-order valence-corrected chi connectivity index (χ0v) is 21.4. The van der Waals surface area contributed by atoms with Crippen LogP contribution in [0.1, 0.15) is 74.0 Å². The molecule has 0 aliphatic heterocycles. The largest absolute Gasteiger partial charge is 0.493 e. The maximum Gasteiger partial charge on any atom is 0.287 e. The lowest BCUT2D eigenvalue weighted by molar-refractivity contribution is -0.140. The molecule has 9 heteroatoms. The van der Waals surface area contributed by atoms with Crippen molar-refractivity contribution in [1.29, 1.82) is 0 Å². The van der Waals surface area contributed by atoms with Crippen LogP contribution in [-0.4, -0.2) is 56.0 Å². The fraction of sp³-hybridized carbons (Fsp3) is 0.519. The Bertz CT molecular complexity index is 1000. The lowest BCUT2D eigenvalue weighted by Gasteiger charge is -2.33. The molecule has 0 spiro atoms. The van der Waals surface area contributed by atoms with Crippen LogP contribution in [0.4, 0.5) is 0 Å². The Morgan fingerprint density at radius 1 is 1.08 bits per heavy atom. The third-order valence-corrected chi connectivity index (χ3v) is 6.45. The summed E-state index contributed by atoms with van der Waals surface area (Å²) >= 11 is 0. The van der Waals surface area contributed by atoms with E-state index in [1.807, 2.05) is 6.92 Å². The molecule has 196 valence electrons. The van der Waals surface area contributed by atoms with Gasteiger partial charge in [0.15, 0.2) is 17.3 Å². The maximum atomic E-state index is 13.7. The van der Waals surface area contributed by atoms with E-state index in [-0.39, 0.29) is 30.2 Å². The van der Waals surface area contributed by atoms with Gasteiger partial charge in [-0.15, -0.1) is 0 Å². The summed E-state index contributed by atoms with van der Waals surface area (Å²) in [6.07, 6.45) is 8.10. The Labute approximate surface area is 212 Å². The molecule has 1 heterocycles. The van der Waals surface area contributed by atoms with Gasteiger partial charge in [0.1, 0.15) is 6.04 Å². The number of carbonyl (C=O) groups excluding carboxylic acids is 3. The molecule has 2 aromatic rings. The van der Waals surface area contributed by atoms with E-state index >= 15 is 0 Å². The zero-order valence-electron chi connectivity index (χ0n) is 21.4. The molecule has 0 bridgehead atoms. The van der Waals surface area contributed by atoms with Gasteiger partial charge in [-0.3, -0.25) is 14.4 Å². The second kappa shape index (κ2) is 13.6. The van der Waals surface area contributed by atoms with E-state index in [1.165, 1.54) is 25.9 Å². The van der Waals surface area contributed by atoms with Gasteiger partial charge in [-0.25, -0.2) is 0 Å². The number of unbranched alkanes of at least 4 members (excludes halogenated alkanes) is 1. The van der Waals surface area contributed by atoms with Gasteiger partial charge in [0.05, 0.1) is 27.0 Å². The van der Waals surface area contributed by atoms with Crippen molar-refractivity contribution in [2.75, 3.05) is 27.3 Å². The molecule has 3 amide bonds. The van der Waals surface area contributed by atoms with Crippen molar-refractivity contribution in [1.82, 2.24) is 15.5 Å². The van der Waals surface area contributed by atoms with Crippen LogP contribution in [0.25, 0.3) is 0 Å². The quantitative estimate of drug-likeness (QED) is 0.459. The minimum atomic E-state index is -0.883. The highest BCUT2D eigenvalue weighted by Crippen LogP contribution is 2.33. The number of methoxy groups -OCH3 is 2. The molecule has 1 fully saturated rings. The highest BCUT2D eigenvalue weighted by Gasteiger charge is 2.33. The van der Waals surface area contributed by atoms with Crippen molar-refractivity contribution in [2.24, 2.45) is 0 Å². The van der Waals surface area contributed by atoms with Gasteiger partial charge < -0.3 is 29.4 Å². The summed E-state index contributed by atoms with van der Waals surface area (Å²) in [5.41, 5.74) is 0.614. The number of nitrogens with one attached hydrogen (secondary N) is 2. The molecule has 9 nitrogen and oxygen atoms in total. The van der Waals surface area contributed by atoms with Gasteiger partial charge in [0.25, 0.3) is 5.91 Å². The summed E-state index contributed by atoms with van der Waals surface area (Å²) in [6, 6.07) is 7.57. The van der Waals surface area contributed by atoms with Crippen molar-refractivity contribution >= 4 is 17.7 Å². The second-order valence-corrected chi connectivity index (χ2v) is 8.96. The number of rotatable bonds is 12. The van der Waals surface area contributed by atoms with Crippen LogP contribution in [0.5, 0.6) is 11.5 Å². The van der Waals surface area contributed by atoms with Gasteiger partial charge in [0, 0.05) is 12.6 Å². The first-order chi connectivity index (χ1) is 17.5. The molecule has 1 aliphatic rings. The first-order valence-electron chi connectivity index (χ1n) is 12.6. The molecule has 2 N–H and O–H groups in total. The summed E-state index contributed by atoms with van der Waals surface area (Å²) in [5.74, 6) is 0.0367. The van der Waals surface area contributed by atoms with Gasteiger partial charge >= 0.3 is 0 Å². The lowest BCUT2D eigenvalue weighted by Crippen LogP contribution is -2.49. The standard InChI is InChI=1S/C27H37N3O6/c1-4-5-15-30(24(31)18-28-26(32)22-12-9-16-36-22)25(27(33)29-20-10-7-6-8-11-20)19-13-14-21(34-2)23(17-19)35-3/h9,12-14,16-17,20,25H,4-8,10-11,15,18H2,1-3H3,(H,28,32)(H,29,33)/t25-/m0/s1. The van der Waals surface area contributed by atoms with Gasteiger partial charge in [-0.1, -0.05) is 38.7 Å². The molecule has 1 aromatic carbocycles.